The number of thiazole rings is 1. The Balaban J connectivity index is 1.59. The predicted octanol–water partition coefficient (Wildman–Crippen LogP) is 4.13. The summed E-state index contributed by atoms with van der Waals surface area (Å²) in [7, 11) is 0. The molecule has 2 aromatic rings. The molecule has 1 aliphatic rings. The maximum Gasteiger partial charge on any atom is 0.263 e. The number of halogens is 2. The Kier molecular flexibility index (Phi) is 6.04. The second-order valence-corrected chi connectivity index (χ2v) is 7.63. The zero-order valence-electron chi connectivity index (χ0n) is 14.1. The van der Waals surface area contributed by atoms with Crippen LogP contribution in [0.1, 0.15) is 34.6 Å². The van der Waals surface area contributed by atoms with Crippen molar-refractivity contribution in [3.8, 4) is 10.6 Å². The van der Waals surface area contributed by atoms with Crippen molar-refractivity contribution in [2.45, 2.75) is 26.2 Å². The van der Waals surface area contributed by atoms with Gasteiger partial charge in [-0.05, 0) is 58.0 Å². The highest BCUT2D eigenvalue weighted by Gasteiger charge is 2.17. The summed E-state index contributed by atoms with van der Waals surface area (Å²) < 4.78 is 13.6. The first-order chi connectivity index (χ1) is 12.0. The number of nitrogens with zero attached hydrogens (tertiary/aromatic N) is 2. The van der Waals surface area contributed by atoms with Gasteiger partial charge in [-0.1, -0.05) is 17.7 Å². The monoisotopic (exact) mass is 381 g/mol. The highest BCUT2D eigenvalue weighted by Crippen LogP contribution is 2.30. The van der Waals surface area contributed by atoms with Crippen LogP contribution in [0.2, 0.25) is 5.02 Å². The SMILES string of the molecule is Cc1nc(-c2ccc(Cl)c(F)c2)sc1C(=O)NCCCN1CCCC1. The molecule has 0 saturated carbocycles. The molecule has 3 rings (SSSR count). The predicted molar refractivity (Wildman–Crippen MR) is 99.9 cm³/mol. The highest BCUT2D eigenvalue weighted by molar-refractivity contribution is 7.17. The highest BCUT2D eigenvalue weighted by atomic mass is 35.5. The zero-order valence-corrected chi connectivity index (χ0v) is 15.7. The minimum Gasteiger partial charge on any atom is -0.351 e. The Morgan fingerprint density at radius 1 is 1.40 bits per heavy atom. The summed E-state index contributed by atoms with van der Waals surface area (Å²) in [5.74, 6) is -0.600. The van der Waals surface area contributed by atoms with Crippen LogP contribution in [-0.2, 0) is 0 Å². The van der Waals surface area contributed by atoms with Crippen molar-refractivity contribution in [1.29, 1.82) is 0 Å². The smallest absolute Gasteiger partial charge is 0.263 e. The lowest BCUT2D eigenvalue weighted by Crippen LogP contribution is -2.28. The molecule has 1 aliphatic heterocycles. The summed E-state index contributed by atoms with van der Waals surface area (Å²) in [5.41, 5.74) is 1.29. The van der Waals surface area contributed by atoms with Crippen molar-refractivity contribution in [2.75, 3.05) is 26.2 Å². The lowest BCUT2D eigenvalue weighted by Gasteiger charge is -2.14. The normalized spacial score (nSPS) is 14.8. The van der Waals surface area contributed by atoms with Gasteiger partial charge in [-0.3, -0.25) is 4.79 Å². The minimum absolute atomic E-state index is 0.0768. The average molecular weight is 382 g/mol. The van der Waals surface area contributed by atoms with Gasteiger partial charge in [0, 0.05) is 12.1 Å². The number of hydrogen-bond donors (Lipinski definition) is 1. The molecule has 0 unspecified atom stereocenters. The Hall–Kier alpha value is -1.50. The number of aryl methyl sites for hydroxylation is 1. The summed E-state index contributed by atoms with van der Waals surface area (Å²) in [4.78, 5) is 19.8. The molecule has 1 saturated heterocycles. The van der Waals surface area contributed by atoms with E-state index in [-0.39, 0.29) is 10.9 Å². The molecule has 4 nitrogen and oxygen atoms in total. The number of amides is 1. The number of nitrogens with one attached hydrogen (secondary N) is 1. The van der Waals surface area contributed by atoms with Gasteiger partial charge < -0.3 is 10.2 Å². The maximum atomic E-state index is 13.6. The maximum absolute atomic E-state index is 13.6. The fourth-order valence-corrected chi connectivity index (χ4v) is 4.05. The Morgan fingerprint density at radius 2 is 2.16 bits per heavy atom. The number of carbonyl (C=O) groups excluding carboxylic acids is 1. The van der Waals surface area contributed by atoms with Crippen molar-refractivity contribution in [2.24, 2.45) is 0 Å². The van der Waals surface area contributed by atoms with Gasteiger partial charge in [0.2, 0.25) is 0 Å². The quantitative estimate of drug-likeness (QED) is 0.765. The van der Waals surface area contributed by atoms with Crippen molar-refractivity contribution < 1.29 is 9.18 Å². The molecule has 1 amide bonds. The third-order valence-corrected chi connectivity index (χ3v) is 5.82. The lowest BCUT2D eigenvalue weighted by molar-refractivity contribution is 0.0955. The first kappa shape index (κ1) is 18.3. The Labute approximate surface area is 156 Å². The van der Waals surface area contributed by atoms with Crippen LogP contribution in [0.5, 0.6) is 0 Å². The van der Waals surface area contributed by atoms with Crippen LogP contribution in [0.15, 0.2) is 18.2 Å². The van der Waals surface area contributed by atoms with Gasteiger partial charge in [0.15, 0.2) is 0 Å². The standard InChI is InChI=1S/C18H21ClFN3OS/c1-12-16(17(24)21-7-4-10-23-8-2-3-9-23)25-18(22-12)13-5-6-14(19)15(20)11-13/h5-6,11H,2-4,7-10H2,1H3,(H,21,24). The first-order valence-electron chi connectivity index (χ1n) is 8.48. The number of benzene rings is 1. The molecule has 134 valence electrons. The van der Waals surface area contributed by atoms with E-state index in [0.29, 0.717) is 27.7 Å². The Morgan fingerprint density at radius 3 is 2.88 bits per heavy atom. The van der Waals surface area contributed by atoms with Gasteiger partial charge in [0.25, 0.3) is 5.91 Å². The summed E-state index contributed by atoms with van der Waals surface area (Å²) in [5, 5.41) is 3.66. The van der Waals surface area contributed by atoms with Crippen LogP contribution in [0.3, 0.4) is 0 Å². The molecule has 1 aromatic heterocycles. The van der Waals surface area contributed by atoms with Gasteiger partial charge in [-0.15, -0.1) is 11.3 Å². The van der Waals surface area contributed by atoms with E-state index in [1.807, 2.05) is 0 Å². The number of aromatic nitrogens is 1. The second kappa shape index (κ2) is 8.25. The van der Waals surface area contributed by atoms with Crippen molar-refractivity contribution >= 4 is 28.8 Å². The summed E-state index contributed by atoms with van der Waals surface area (Å²) in [6.45, 7) is 5.81. The fourth-order valence-electron chi connectivity index (χ4n) is 2.95. The second-order valence-electron chi connectivity index (χ2n) is 6.22. The number of likely N-dealkylation sites (tertiary alicyclic amines) is 1. The van der Waals surface area contributed by atoms with E-state index in [4.69, 9.17) is 11.6 Å². The molecular weight excluding hydrogens is 361 g/mol. The van der Waals surface area contributed by atoms with E-state index in [1.165, 1.54) is 49.4 Å². The van der Waals surface area contributed by atoms with E-state index in [2.05, 4.69) is 15.2 Å². The van der Waals surface area contributed by atoms with Crippen LogP contribution in [0.4, 0.5) is 4.39 Å². The van der Waals surface area contributed by atoms with Crippen LogP contribution in [0, 0.1) is 12.7 Å². The largest absolute Gasteiger partial charge is 0.351 e. The fraction of sp³-hybridized carbons (Fsp3) is 0.444. The molecule has 0 bridgehead atoms. The molecule has 0 aliphatic carbocycles. The van der Waals surface area contributed by atoms with Crippen molar-refractivity contribution in [3.63, 3.8) is 0 Å². The number of carbonyl (C=O) groups is 1. The molecule has 0 radical (unpaired) electrons. The summed E-state index contributed by atoms with van der Waals surface area (Å²) >= 11 is 6.99. The van der Waals surface area contributed by atoms with Crippen molar-refractivity contribution in [1.82, 2.24) is 15.2 Å². The molecule has 0 spiro atoms. The van der Waals surface area contributed by atoms with E-state index < -0.39 is 5.82 Å². The van der Waals surface area contributed by atoms with E-state index in [9.17, 15) is 9.18 Å². The number of hydrogen-bond acceptors (Lipinski definition) is 4. The van der Waals surface area contributed by atoms with E-state index in [1.54, 1.807) is 13.0 Å². The van der Waals surface area contributed by atoms with E-state index in [0.717, 1.165) is 13.0 Å². The van der Waals surface area contributed by atoms with Crippen LogP contribution in [0.25, 0.3) is 10.6 Å². The minimum atomic E-state index is -0.486. The topological polar surface area (TPSA) is 45.2 Å². The third-order valence-electron chi connectivity index (χ3n) is 4.30. The van der Waals surface area contributed by atoms with Crippen LogP contribution >= 0.6 is 22.9 Å². The molecular formula is C18H21ClFN3OS. The molecule has 1 aromatic carbocycles. The van der Waals surface area contributed by atoms with Gasteiger partial charge in [-0.25, -0.2) is 9.37 Å². The molecule has 1 fully saturated rings. The molecule has 2 heterocycles. The van der Waals surface area contributed by atoms with Gasteiger partial charge in [0.1, 0.15) is 15.7 Å². The van der Waals surface area contributed by atoms with Gasteiger partial charge in [0.05, 0.1) is 10.7 Å². The van der Waals surface area contributed by atoms with Gasteiger partial charge >= 0.3 is 0 Å². The van der Waals surface area contributed by atoms with Crippen molar-refractivity contribution in [3.05, 3.63) is 39.6 Å². The van der Waals surface area contributed by atoms with Gasteiger partial charge in [-0.2, -0.15) is 0 Å². The Bertz CT molecular complexity index is 759. The summed E-state index contributed by atoms with van der Waals surface area (Å²) in [6, 6.07) is 4.56. The molecule has 7 heteroatoms. The van der Waals surface area contributed by atoms with Crippen LogP contribution < -0.4 is 5.32 Å². The zero-order chi connectivity index (χ0) is 17.8. The molecule has 25 heavy (non-hydrogen) atoms. The van der Waals surface area contributed by atoms with Crippen LogP contribution in [-0.4, -0.2) is 42.0 Å². The molecule has 0 atom stereocenters. The first-order valence-corrected chi connectivity index (χ1v) is 9.67. The molecule has 1 N–H and O–H groups in total. The third kappa shape index (κ3) is 4.57. The van der Waals surface area contributed by atoms with E-state index >= 15 is 0 Å². The number of rotatable bonds is 6. The average Bonchev–Trinajstić information content (AvgIpc) is 3.23. The summed E-state index contributed by atoms with van der Waals surface area (Å²) in [6.07, 6.45) is 3.50. The lowest BCUT2D eigenvalue weighted by atomic mass is 10.2.